The number of piperidine rings is 1. The number of carbonyl (C=O) groups excluding carboxylic acids is 1. The van der Waals surface area contributed by atoms with Gasteiger partial charge in [-0.25, -0.2) is 0 Å². The molecule has 3 rings (SSSR count). The number of amides is 1. The van der Waals surface area contributed by atoms with Crippen molar-refractivity contribution in [1.29, 1.82) is 0 Å². The van der Waals surface area contributed by atoms with E-state index >= 15 is 0 Å². The third kappa shape index (κ3) is 3.86. The van der Waals surface area contributed by atoms with E-state index in [1.165, 1.54) is 23.7 Å². The Kier molecular flexibility index (Phi) is 5.42. The average Bonchev–Trinajstić information content (AvgIpc) is 3.01. The standard InChI is InChI=1S/C18H25N5OS/c1-12-8-9-16(13(2)10-12)23-18(19-20-21-23)25-11-17(24)22-14(3)6-5-7-15(22)4/h8-10,14-15H,5-7,11H2,1-4H3/t14-,15-/m0/s1. The maximum absolute atomic E-state index is 12.7. The first-order chi connectivity index (χ1) is 12.0. The van der Waals surface area contributed by atoms with Crippen LogP contribution in [0.25, 0.3) is 5.69 Å². The van der Waals surface area contributed by atoms with Crippen molar-refractivity contribution in [3.05, 3.63) is 29.3 Å². The number of hydrogen-bond acceptors (Lipinski definition) is 5. The molecule has 1 aliphatic heterocycles. The lowest BCUT2D eigenvalue weighted by molar-refractivity contribution is -0.134. The van der Waals surface area contributed by atoms with Gasteiger partial charge in [0.25, 0.3) is 0 Å². The number of nitrogens with zero attached hydrogens (tertiary/aromatic N) is 5. The zero-order valence-electron chi connectivity index (χ0n) is 15.3. The van der Waals surface area contributed by atoms with Gasteiger partial charge in [-0.1, -0.05) is 29.5 Å². The molecule has 134 valence electrons. The summed E-state index contributed by atoms with van der Waals surface area (Å²) in [6, 6.07) is 6.79. The molecule has 0 unspecified atom stereocenters. The summed E-state index contributed by atoms with van der Waals surface area (Å²) in [6.07, 6.45) is 3.37. The van der Waals surface area contributed by atoms with Crippen molar-refractivity contribution < 1.29 is 4.79 Å². The molecule has 0 saturated carbocycles. The van der Waals surface area contributed by atoms with Gasteiger partial charge in [0.1, 0.15) is 0 Å². The molecule has 1 aliphatic rings. The Labute approximate surface area is 153 Å². The summed E-state index contributed by atoms with van der Waals surface area (Å²) in [5.41, 5.74) is 3.26. The zero-order valence-corrected chi connectivity index (χ0v) is 16.1. The van der Waals surface area contributed by atoms with Gasteiger partial charge in [-0.05, 0) is 69.0 Å². The summed E-state index contributed by atoms with van der Waals surface area (Å²) in [7, 11) is 0. The molecule has 6 nitrogen and oxygen atoms in total. The molecule has 0 spiro atoms. The molecule has 2 aromatic rings. The number of benzene rings is 1. The topological polar surface area (TPSA) is 63.9 Å². The molecule has 2 atom stereocenters. The van der Waals surface area contributed by atoms with Gasteiger partial charge in [-0.2, -0.15) is 4.68 Å². The molecule has 1 aromatic heterocycles. The second-order valence-electron chi connectivity index (χ2n) is 6.88. The zero-order chi connectivity index (χ0) is 18.0. The van der Waals surface area contributed by atoms with E-state index in [-0.39, 0.29) is 5.91 Å². The fourth-order valence-corrected chi connectivity index (χ4v) is 4.33. The van der Waals surface area contributed by atoms with Crippen LogP contribution >= 0.6 is 11.8 Å². The van der Waals surface area contributed by atoms with Crippen molar-refractivity contribution in [2.75, 3.05) is 5.75 Å². The summed E-state index contributed by atoms with van der Waals surface area (Å²) in [4.78, 5) is 14.7. The molecule has 7 heteroatoms. The van der Waals surface area contributed by atoms with Gasteiger partial charge in [0.2, 0.25) is 11.1 Å². The Balaban J connectivity index is 1.72. The summed E-state index contributed by atoms with van der Waals surface area (Å²) in [5, 5.41) is 12.7. The summed E-state index contributed by atoms with van der Waals surface area (Å²) in [6.45, 7) is 8.38. The SMILES string of the molecule is Cc1ccc(-n2nnnc2SCC(=O)N2[C@@H](C)CCC[C@@H]2C)c(C)c1. The highest BCUT2D eigenvalue weighted by molar-refractivity contribution is 7.99. The molecule has 1 saturated heterocycles. The van der Waals surface area contributed by atoms with E-state index in [1.807, 2.05) is 24.0 Å². The Morgan fingerprint density at radius 3 is 2.64 bits per heavy atom. The highest BCUT2D eigenvalue weighted by Gasteiger charge is 2.29. The van der Waals surface area contributed by atoms with E-state index in [2.05, 4.69) is 42.4 Å². The normalized spacial score (nSPS) is 20.7. The van der Waals surface area contributed by atoms with Crippen LogP contribution in [0.4, 0.5) is 0 Å². The summed E-state index contributed by atoms with van der Waals surface area (Å²) < 4.78 is 1.72. The van der Waals surface area contributed by atoms with E-state index in [0.717, 1.165) is 24.1 Å². The van der Waals surface area contributed by atoms with Gasteiger partial charge < -0.3 is 4.90 Å². The number of tetrazole rings is 1. The number of likely N-dealkylation sites (tertiary alicyclic amines) is 1. The Hall–Kier alpha value is -1.89. The smallest absolute Gasteiger partial charge is 0.233 e. The van der Waals surface area contributed by atoms with Gasteiger partial charge in [0.15, 0.2) is 0 Å². The van der Waals surface area contributed by atoms with Crippen molar-refractivity contribution in [2.45, 2.75) is 64.2 Å². The first-order valence-electron chi connectivity index (χ1n) is 8.77. The van der Waals surface area contributed by atoms with E-state index in [0.29, 0.717) is 23.0 Å². The van der Waals surface area contributed by atoms with Crippen LogP contribution in [-0.2, 0) is 4.79 Å². The van der Waals surface area contributed by atoms with Crippen molar-refractivity contribution in [3.8, 4) is 5.69 Å². The predicted octanol–water partition coefficient (Wildman–Crippen LogP) is 3.16. The predicted molar refractivity (Wildman–Crippen MR) is 99.0 cm³/mol. The molecule has 2 heterocycles. The molecule has 1 amide bonds. The van der Waals surface area contributed by atoms with E-state index < -0.39 is 0 Å². The van der Waals surface area contributed by atoms with E-state index in [9.17, 15) is 4.79 Å². The van der Waals surface area contributed by atoms with Crippen LogP contribution in [0.15, 0.2) is 23.4 Å². The average molecular weight is 359 g/mol. The van der Waals surface area contributed by atoms with Crippen LogP contribution in [0.5, 0.6) is 0 Å². The van der Waals surface area contributed by atoms with Crippen LogP contribution < -0.4 is 0 Å². The minimum absolute atomic E-state index is 0.167. The second-order valence-corrected chi connectivity index (χ2v) is 7.82. The van der Waals surface area contributed by atoms with Gasteiger partial charge >= 0.3 is 0 Å². The first kappa shape index (κ1) is 17.9. The van der Waals surface area contributed by atoms with E-state index in [4.69, 9.17) is 0 Å². The van der Waals surface area contributed by atoms with Crippen molar-refractivity contribution >= 4 is 17.7 Å². The lowest BCUT2D eigenvalue weighted by Crippen LogP contribution is -2.48. The van der Waals surface area contributed by atoms with Crippen LogP contribution in [0.3, 0.4) is 0 Å². The third-order valence-corrected chi connectivity index (χ3v) is 5.73. The first-order valence-corrected chi connectivity index (χ1v) is 9.76. The van der Waals surface area contributed by atoms with Gasteiger partial charge in [0, 0.05) is 12.1 Å². The molecular formula is C18H25N5OS. The third-order valence-electron chi connectivity index (χ3n) is 4.83. The highest BCUT2D eigenvalue weighted by atomic mass is 32.2. The Morgan fingerprint density at radius 2 is 1.96 bits per heavy atom. The number of carbonyl (C=O) groups is 1. The van der Waals surface area contributed by atoms with Gasteiger partial charge in [-0.15, -0.1) is 5.10 Å². The van der Waals surface area contributed by atoms with Gasteiger partial charge in [-0.3, -0.25) is 4.79 Å². The van der Waals surface area contributed by atoms with Crippen LogP contribution in [0.1, 0.15) is 44.2 Å². The molecule has 1 aromatic carbocycles. The van der Waals surface area contributed by atoms with Crippen molar-refractivity contribution in [1.82, 2.24) is 25.1 Å². The monoisotopic (exact) mass is 359 g/mol. The Morgan fingerprint density at radius 1 is 1.24 bits per heavy atom. The highest BCUT2D eigenvalue weighted by Crippen LogP contribution is 2.26. The van der Waals surface area contributed by atoms with Gasteiger partial charge in [0.05, 0.1) is 11.4 Å². The maximum Gasteiger partial charge on any atom is 0.233 e. The van der Waals surface area contributed by atoms with E-state index in [1.54, 1.807) is 4.68 Å². The van der Waals surface area contributed by atoms with Crippen LogP contribution in [0, 0.1) is 13.8 Å². The number of rotatable bonds is 4. The largest absolute Gasteiger partial charge is 0.337 e. The molecular weight excluding hydrogens is 334 g/mol. The molecule has 1 fully saturated rings. The fraction of sp³-hybridized carbons (Fsp3) is 0.556. The molecule has 0 aliphatic carbocycles. The molecule has 0 N–H and O–H groups in total. The lowest BCUT2D eigenvalue weighted by Gasteiger charge is -2.39. The number of thioether (sulfide) groups is 1. The second kappa shape index (κ2) is 7.56. The summed E-state index contributed by atoms with van der Waals surface area (Å²) >= 11 is 1.40. The number of hydrogen-bond donors (Lipinski definition) is 0. The molecule has 25 heavy (non-hydrogen) atoms. The van der Waals surface area contributed by atoms with Crippen LogP contribution in [-0.4, -0.2) is 48.9 Å². The molecule has 0 bridgehead atoms. The fourth-order valence-electron chi connectivity index (χ4n) is 3.58. The maximum atomic E-state index is 12.7. The van der Waals surface area contributed by atoms with Crippen molar-refractivity contribution in [3.63, 3.8) is 0 Å². The number of aromatic nitrogens is 4. The minimum atomic E-state index is 0.167. The minimum Gasteiger partial charge on any atom is -0.337 e. The lowest BCUT2D eigenvalue weighted by atomic mass is 9.98. The van der Waals surface area contributed by atoms with Crippen molar-refractivity contribution in [2.24, 2.45) is 0 Å². The number of aryl methyl sites for hydroxylation is 2. The van der Waals surface area contributed by atoms with Crippen LogP contribution in [0.2, 0.25) is 0 Å². The molecule has 0 radical (unpaired) electrons. The quantitative estimate of drug-likeness (QED) is 0.785. The Bertz CT molecular complexity index is 750. The summed E-state index contributed by atoms with van der Waals surface area (Å²) in [5.74, 6) is 0.528.